The molecule has 0 bridgehead atoms. The highest BCUT2D eigenvalue weighted by atomic mass is 32.1. The summed E-state index contributed by atoms with van der Waals surface area (Å²) in [6, 6.07) is 21.8. The molecule has 0 unspecified atom stereocenters. The number of thiophene rings is 1. The van der Waals surface area contributed by atoms with Crippen LogP contribution in [0.4, 0.5) is 11.6 Å². The summed E-state index contributed by atoms with van der Waals surface area (Å²) < 4.78 is 5.26. The van der Waals surface area contributed by atoms with Gasteiger partial charge in [0.25, 0.3) is 5.91 Å². The summed E-state index contributed by atoms with van der Waals surface area (Å²) in [6.07, 6.45) is 2.96. The van der Waals surface area contributed by atoms with Crippen LogP contribution in [-0.2, 0) is 13.1 Å². The molecule has 3 heterocycles. The zero-order valence-electron chi connectivity index (χ0n) is 23.1. The first-order valence-corrected chi connectivity index (χ1v) is 14.6. The average molecular weight is 557 g/mol. The van der Waals surface area contributed by atoms with Crippen molar-refractivity contribution in [3.8, 4) is 16.3 Å². The lowest BCUT2D eigenvalue weighted by atomic mass is 10.1. The SMILES string of the molecule is CCCN1CCN(Cc2cccc(Nc3nccc(-c4ccc(C(=O)NCc5cccc(OC)c5)s4)n3)c2)CC1. The zero-order chi connectivity index (χ0) is 27.7. The van der Waals surface area contributed by atoms with Crippen LogP contribution in [0, 0.1) is 0 Å². The van der Waals surface area contributed by atoms with Gasteiger partial charge in [-0.15, -0.1) is 11.3 Å². The number of ether oxygens (including phenoxy) is 1. The Labute approximate surface area is 240 Å². The Kier molecular flexibility index (Phi) is 9.38. The van der Waals surface area contributed by atoms with Crippen molar-refractivity contribution in [2.24, 2.45) is 0 Å². The number of benzene rings is 2. The predicted octanol–water partition coefficient (Wildman–Crippen LogP) is 5.41. The van der Waals surface area contributed by atoms with E-state index >= 15 is 0 Å². The van der Waals surface area contributed by atoms with Gasteiger partial charge in [0.05, 0.1) is 22.6 Å². The molecule has 1 amide bonds. The molecule has 0 spiro atoms. The van der Waals surface area contributed by atoms with E-state index in [0.29, 0.717) is 17.4 Å². The molecule has 5 rings (SSSR count). The Bertz CT molecular complexity index is 1420. The maximum Gasteiger partial charge on any atom is 0.261 e. The van der Waals surface area contributed by atoms with Gasteiger partial charge in [-0.25, -0.2) is 9.97 Å². The molecule has 2 N–H and O–H groups in total. The topological polar surface area (TPSA) is 82.6 Å². The van der Waals surface area contributed by atoms with E-state index in [1.807, 2.05) is 48.5 Å². The van der Waals surface area contributed by atoms with Gasteiger partial charge in [0.1, 0.15) is 5.75 Å². The smallest absolute Gasteiger partial charge is 0.261 e. The molecule has 0 atom stereocenters. The molecule has 0 saturated carbocycles. The number of methoxy groups -OCH3 is 1. The van der Waals surface area contributed by atoms with E-state index in [2.05, 4.69) is 50.5 Å². The highest BCUT2D eigenvalue weighted by Gasteiger charge is 2.16. The van der Waals surface area contributed by atoms with Crippen molar-refractivity contribution in [2.45, 2.75) is 26.4 Å². The van der Waals surface area contributed by atoms with Crippen molar-refractivity contribution < 1.29 is 9.53 Å². The number of carbonyl (C=O) groups excluding carboxylic acids is 1. The van der Waals surface area contributed by atoms with Crippen LogP contribution in [-0.4, -0.2) is 65.5 Å². The van der Waals surface area contributed by atoms with Gasteiger partial charge in [0, 0.05) is 51.2 Å². The second-order valence-corrected chi connectivity index (χ2v) is 11.0. The first-order chi connectivity index (χ1) is 19.6. The molecule has 8 nitrogen and oxygen atoms in total. The van der Waals surface area contributed by atoms with E-state index in [-0.39, 0.29) is 5.91 Å². The summed E-state index contributed by atoms with van der Waals surface area (Å²) in [5, 5.41) is 6.34. The third-order valence-electron chi connectivity index (χ3n) is 6.92. The molecule has 2 aromatic carbocycles. The molecule has 1 aliphatic rings. The number of piperazine rings is 1. The van der Waals surface area contributed by atoms with Crippen LogP contribution in [0.3, 0.4) is 0 Å². The number of hydrogen-bond donors (Lipinski definition) is 2. The number of nitrogens with one attached hydrogen (secondary N) is 2. The summed E-state index contributed by atoms with van der Waals surface area (Å²) in [5.41, 5.74) is 3.99. The molecule has 0 radical (unpaired) electrons. The van der Waals surface area contributed by atoms with E-state index in [1.165, 1.54) is 29.9 Å². The van der Waals surface area contributed by atoms with E-state index in [9.17, 15) is 4.79 Å². The molecule has 0 aliphatic carbocycles. The summed E-state index contributed by atoms with van der Waals surface area (Å²) in [4.78, 5) is 28.5. The number of rotatable bonds is 11. The minimum atomic E-state index is -0.116. The summed E-state index contributed by atoms with van der Waals surface area (Å²) >= 11 is 1.41. The Hall–Kier alpha value is -3.79. The standard InChI is InChI=1S/C31H36N6O2S/c1-3-14-36-15-17-37(18-16-36)22-24-7-4-8-25(19-24)34-31-32-13-12-27(35-31)28-10-11-29(40-28)30(38)33-21-23-6-5-9-26(20-23)39-2/h4-13,19-20H,3,14-18,21-22H2,1-2H3,(H,33,38)(H,32,34,35). The molecule has 9 heteroatoms. The Morgan fingerprint density at radius 2 is 1.77 bits per heavy atom. The average Bonchev–Trinajstić information content (AvgIpc) is 3.48. The lowest BCUT2D eigenvalue weighted by molar-refractivity contribution is 0.0955. The van der Waals surface area contributed by atoms with E-state index < -0.39 is 0 Å². The molecule has 1 fully saturated rings. The van der Waals surface area contributed by atoms with Crippen molar-refractivity contribution in [3.05, 3.63) is 88.9 Å². The number of nitrogens with zero attached hydrogens (tertiary/aromatic N) is 4. The van der Waals surface area contributed by atoms with Gasteiger partial charge in [-0.2, -0.15) is 0 Å². The quantitative estimate of drug-likeness (QED) is 0.255. The Balaban J connectivity index is 1.18. The summed E-state index contributed by atoms with van der Waals surface area (Å²) in [7, 11) is 1.63. The van der Waals surface area contributed by atoms with Crippen LogP contribution in [0.5, 0.6) is 5.75 Å². The molecule has 1 saturated heterocycles. The van der Waals surface area contributed by atoms with Crippen molar-refractivity contribution in [3.63, 3.8) is 0 Å². The van der Waals surface area contributed by atoms with Crippen molar-refractivity contribution in [1.29, 1.82) is 0 Å². The number of carbonyl (C=O) groups is 1. The fraction of sp³-hybridized carbons (Fsp3) is 0.323. The highest BCUT2D eigenvalue weighted by Crippen LogP contribution is 2.28. The van der Waals surface area contributed by atoms with Gasteiger partial charge in [0.2, 0.25) is 5.95 Å². The zero-order valence-corrected chi connectivity index (χ0v) is 23.9. The van der Waals surface area contributed by atoms with Crippen molar-refractivity contribution in [1.82, 2.24) is 25.1 Å². The first-order valence-electron chi connectivity index (χ1n) is 13.7. The molecule has 4 aromatic rings. The largest absolute Gasteiger partial charge is 0.497 e. The third-order valence-corrected chi connectivity index (χ3v) is 8.03. The van der Waals surface area contributed by atoms with Crippen LogP contribution >= 0.6 is 11.3 Å². The molecule has 2 aromatic heterocycles. The number of amides is 1. The van der Waals surface area contributed by atoms with Gasteiger partial charge in [-0.1, -0.05) is 31.2 Å². The second kappa shape index (κ2) is 13.5. The van der Waals surface area contributed by atoms with Crippen LogP contribution in [0.15, 0.2) is 72.9 Å². The van der Waals surface area contributed by atoms with Crippen LogP contribution in [0.2, 0.25) is 0 Å². The Morgan fingerprint density at radius 1 is 0.975 bits per heavy atom. The van der Waals surface area contributed by atoms with Crippen molar-refractivity contribution >= 4 is 28.9 Å². The first kappa shape index (κ1) is 27.8. The molecule has 208 valence electrons. The molecule has 1 aliphatic heterocycles. The van der Waals surface area contributed by atoms with Gasteiger partial charge >= 0.3 is 0 Å². The maximum atomic E-state index is 12.8. The normalized spacial score (nSPS) is 14.2. The molecular weight excluding hydrogens is 520 g/mol. The van der Waals surface area contributed by atoms with Gasteiger partial charge < -0.3 is 20.3 Å². The van der Waals surface area contributed by atoms with E-state index in [4.69, 9.17) is 9.72 Å². The fourth-order valence-corrected chi connectivity index (χ4v) is 5.72. The summed E-state index contributed by atoms with van der Waals surface area (Å²) in [6.45, 7) is 9.29. The van der Waals surface area contributed by atoms with Crippen LogP contribution < -0.4 is 15.4 Å². The monoisotopic (exact) mass is 556 g/mol. The number of aromatic nitrogens is 2. The minimum Gasteiger partial charge on any atom is -0.497 e. The lowest BCUT2D eigenvalue weighted by Gasteiger charge is -2.34. The summed E-state index contributed by atoms with van der Waals surface area (Å²) in [5.74, 6) is 1.18. The predicted molar refractivity (Wildman–Crippen MR) is 161 cm³/mol. The molecular formula is C31H36N6O2S. The highest BCUT2D eigenvalue weighted by molar-refractivity contribution is 7.17. The lowest BCUT2D eigenvalue weighted by Crippen LogP contribution is -2.45. The van der Waals surface area contributed by atoms with Gasteiger partial charge in [-0.05, 0) is 66.6 Å². The number of hydrogen-bond acceptors (Lipinski definition) is 8. The minimum absolute atomic E-state index is 0.116. The van der Waals surface area contributed by atoms with Crippen LogP contribution in [0.1, 0.15) is 34.1 Å². The van der Waals surface area contributed by atoms with Crippen LogP contribution in [0.25, 0.3) is 10.6 Å². The fourth-order valence-electron chi connectivity index (χ4n) is 4.83. The number of anilines is 2. The van der Waals surface area contributed by atoms with E-state index in [1.54, 1.807) is 13.3 Å². The second-order valence-electron chi connectivity index (χ2n) is 9.91. The van der Waals surface area contributed by atoms with E-state index in [0.717, 1.165) is 60.3 Å². The van der Waals surface area contributed by atoms with Gasteiger partial charge in [-0.3, -0.25) is 9.69 Å². The van der Waals surface area contributed by atoms with Crippen molar-refractivity contribution in [2.75, 3.05) is 45.2 Å². The maximum absolute atomic E-state index is 12.8. The van der Waals surface area contributed by atoms with Gasteiger partial charge in [0.15, 0.2) is 0 Å². The third kappa shape index (κ3) is 7.44. The Morgan fingerprint density at radius 3 is 2.60 bits per heavy atom. The molecule has 40 heavy (non-hydrogen) atoms.